The Kier molecular flexibility index (Phi) is 15.1. The van der Waals surface area contributed by atoms with Crippen molar-refractivity contribution < 1.29 is 29.0 Å². The van der Waals surface area contributed by atoms with Crippen LogP contribution >= 0.6 is 34.3 Å². The average Bonchev–Trinajstić information content (AvgIpc) is 4.10. The molecule has 17 heteroatoms. The Balaban J connectivity index is 0.836. The number of aryl methyl sites for hydroxylation is 3. The number of hydrogen-bond donors (Lipinski definition) is 4. The van der Waals surface area contributed by atoms with Crippen LogP contribution in [0.2, 0.25) is 5.02 Å². The van der Waals surface area contributed by atoms with Crippen LogP contribution in [0, 0.1) is 33.1 Å². The lowest BCUT2D eigenvalue weighted by Gasteiger charge is -2.35. The highest BCUT2D eigenvalue weighted by molar-refractivity contribution is 7.15. The molecule has 0 unspecified atom stereocenters. The van der Waals surface area contributed by atoms with Gasteiger partial charge in [0.05, 0.1) is 30.9 Å². The van der Waals surface area contributed by atoms with Gasteiger partial charge in [-0.15, -0.1) is 32.9 Å². The third kappa shape index (κ3) is 10.9. The monoisotopic (exact) mass is 1000 g/mol. The van der Waals surface area contributed by atoms with Gasteiger partial charge in [0.15, 0.2) is 5.82 Å². The van der Waals surface area contributed by atoms with E-state index < -0.39 is 41.5 Å². The van der Waals surface area contributed by atoms with Crippen LogP contribution < -0.4 is 20.7 Å². The molecule has 8 rings (SSSR count). The summed E-state index contributed by atoms with van der Waals surface area (Å²) in [6, 6.07) is 21.5. The van der Waals surface area contributed by atoms with Crippen LogP contribution in [0.4, 0.5) is 0 Å². The summed E-state index contributed by atoms with van der Waals surface area (Å²) in [4.78, 5) is 64.1. The van der Waals surface area contributed by atoms with Gasteiger partial charge in [-0.05, 0) is 117 Å². The number of aromatic nitrogens is 3. The van der Waals surface area contributed by atoms with Crippen molar-refractivity contribution in [3.63, 3.8) is 0 Å². The number of carbonyl (C=O) groups excluding carboxylic acids is 4. The minimum atomic E-state index is -0.998. The number of fused-ring (bicyclic) bond motifs is 3. The van der Waals surface area contributed by atoms with Gasteiger partial charge in [-0.1, -0.05) is 68.8 Å². The summed E-state index contributed by atoms with van der Waals surface area (Å²) in [6.07, 6.45) is -0.222. The number of amides is 4. The van der Waals surface area contributed by atoms with Gasteiger partial charge in [-0.2, -0.15) is 0 Å². The number of nitrogens with one attached hydrogen (secondary N) is 3. The van der Waals surface area contributed by atoms with Crippen molar-refractivity contribution in [3.05, 3.63) is 139 Å². The van der Waals surface area contributed by atoms with Crippen molar-refractivity contribution in [2.45, 2.75) is 105 Å². The van der Waals surface area contributed by atoms with E-state index in [9.17, 15) is 24.3 Å². The smallest absolute Gasteiger partial charge is 0.251 e. The Bertz CT molecular complexity index is 2920. The number of carbonyl (C=O) groups is 4. The first kappa shape index (κ1) is 50.2. The predicted molar refractivity (Wildman–Crippen MR) is 275 cm³/mol. The molecule has 1 fully saturated rings. The Hall–Kier alpha value is -6.20. The minimum Gasteiger partial charge on any atom is -0.494 e. The van der Waals surface area contributed by atoms with E-state index in [1.165, 1.54) is 15.3 Å². The normalized spacial score (nSPS) is 17.4. The molecule has 2 aliphatic rings. The molecule has 0 saturated carbocycles. The summed E-state index contributed by atoms with van der Waals surface area (Å²) in [5.74, 6) is 0.383. The number of aliphatic hydroxyl groups excluding tert-OH is 1. The van der Waals surface area contributed by atoms with Crippen molar-refractivity contribution in [3.8, 4) is 21.2 Å². The number of rotatable bonds is 15. The maximum absolute atomic E-state index is 14.3. The van der Waals surface area contributed by atoms with E-state index in [0.717, 1.165) is 43.4 Å². The van der Waals surface area contributed by atoms with Gasteiger partial charge < -0.3 is 30.7 Å². The summed E-state index contributed by atoms with van der Waals surface area (Å²) in [5, 5.41) is 32.2. The highest BCUT2D eigenvalue weighted by Crippen LogP contribution is 2.40. The number of β-amino-alcohol motifs (C(OH)–C–C–N with tert-alkyl or cyclic N) is 1. The van der Waals surface area contributed by atoms with Crippen LogP contribution in [0.25, 0.3) is 15.4 Å². The Labute approximate surface area is 421 Å². The summed E-state index contributed by atoms with van der Waals surface area (Å²) in [6.45, 7) is 16.2. The van der Waals surface area contributed by atoms with Crippen molar-refractivity contribution >= 4 is 63.6 Å². The largest absolute Gasteiger partial charge is 0.494 e. The number of aliphatic imine (C=N–C) groups is 1. The lowest BCUT2D eigenvalue weighted by molar-refractivity contribution is -0.142. The van der Waals surface area contributed by atoms with Crippen LogP contribution in [0.15, 0.2) is 89.2 Å². The lowest BCUT2D eigenvalue weighted by Crippen LogP contribution is -2.57. The molecule has 4 N–H and O–H groups in total. The Morgan fingerprint density at radius 2 is 1.61 bits per heavy atom. The predicted octanol–water partition coefficient (Wildman–Crippen LogP) is 8.80. The quantitative estimate of drug-likeness (QED) is 0.0737. The maximum Gasteiger partial charge on any atom is 0.251 e. The van der Waals surface area contributed by atoms with Crippen molar-refractivity contribution in [1.29, 1.82) is 0 Å². The van der Waals surface area contributed by atoms with Crippen LogP contribution in [-0.2, 0) is 14.4 Å². The van der Waals surface area contributed by atoms with Crippen molar-refractivity contribution in [2.75, 3.05) is 19.7 Å². The summed E-state index contributed by atoms with van der Waals surface area (Å²) >= 11 is 9.59. The SMILES string of the molecule is Cc1ccsc1-c1ccc([C@H](C)NC(=O)[C@@H]2C[C@@H](O)CN2C(=O)[C@@H](NC(=O)c2ccc(OCCCNC(=O)C[C@@H]3N=C(c4ccc(Cl)cc4)c4c(sc(C)c4C)-n4c(C)nnc43)cc2)C(C)(C)C)cc1. The number of likely N-dealkylation sites (tertiary alicyclic amines) is 1. The molecule has 70 heavy (non-hydrogen) atoms. The zero-order valence-corrected chi connectivity index (χ0v) is 43.0. The van der Waals surface area contributed by atoms with Crippen LogP contribution in [0.1, 0.15) is 114 Å². The fraction of sp³-hybridized carbons (Fsp3) is 0.377. The average molecular weight is 1000 g/mol. The number of thiophene rings is 2. The van der Waals surface area contributed by atoms with Crippen LogP contribution in [0.3, 0.4) is 0 Å². The first-order valence-electron chi connectivity index (χ1n) is 23.5. The highest BCUT2D eigenvalue weighted by Gasteiger charge is 2.45. The molecule has 0 aliphatic carbocycles. The molecule has 6 aromatic rings. The number of aliphatic hydroxyl groups is 1. The van der Waals surface area contributed by atoms with Gasteiger partial charge >= 0.3 is 0 Å². The summed E-state index contributed by atoms with van der Waals surface area (Å²) < 4.78 is 7.98. The van der Waals surface area contributed by atoms with E-state index in [0.29, 0.717) is 47.6 Å². The van der Waals surface area contributed by atoms with Crippen molar-refractivity contribution in [2.24, 2.45) is 10.4 Å². The zero-order chi connectivity index (χ0) is 50.0. The van der Waals surface area contributed by atoms with Crippen molar-refractivity contribution in [1.82, 2.24) is 35.6 Å². The Morgan fingerprint density at radius 3 is 2.29 bits per heavy atom. The molecule has 1 saturated heterocycles. The second-order valence-corrected chi connectivity index (χ2v) is 21.7. The molecule has 3 aromatic carbocycles. The number of nitrogens with zero attached hydrogens (tertiary/aromatic N) is 5. The van der Waals surface area contributed by atoms with Gasteiger partial charge in [0.2, 0.25) is 17.7 Å². The van der Waals surface area contributed by atoms with Crippen LogP contribution in [-0.4, -0.2) is 92.0 Å². The molecule has 0 spiro atoms. The molecule has 2 aliphatic heterocycles. The molecule has 14 nitrogen and oxygen atoms in total. The number of ether oxygens (including phenoxy) is 1. The van der Waals surface area contributed by atoms with E-state index in [1.54, 1.807) is 46.9 Å². The standard InChI is InChI=1S/C53H59ClN8O6S2/c1-29-22-25-69-46(29)36-12-10-34(11-13-36)31(3)56-50(66)42-26-39(63)28-61(42)51(67)47(53(6,7)8)58-49(65)37-16-20-40(21-17-37)68-24-9-23-55-43(64)27-41-48-60-59-33(5)62(48)52-44(30(2)32(4)70-52)45(57-41)35-14-18-38(54)19-15-35/h10-22,25,31,39,41-42,47,63H,9,23-24,26-28H2,1-8H3,(H,55,64)(H,56,66)(H,58,65)/t31-,39+,41-,42-,47+/m0/s1. The molecule has 0 radical (unpaired) electrons. The first-order valence-corrected chi connectivity index (χ1v) is 25.6. The Morgan fingerprint density at radius 1 is 0.914 bits per heavy atom. The van der Waals surface area contributed by atoms with E-state index in [-0.39, 0.29) is 37.2 Å². The lowest BCUT2D eigenvalue weighted by atomic mass is 9.85. The van der Waals surface area contributed by atoms with E-state index in [4.69, 9.17) is 21.3 Å². The first-order chi connectivity index (χ1) is 33.4. The molecule has 5 atom stereocenters. The van der Waals surface area contributed by atoms with E-state index in [1.807, 2.05) is 87.7 Å². The molecule has 5 heterocycles. The molecule has 0 bridgehead atoms. The second kappa shape index (κ2) is 21.0. The third-order valence-electron chi connectivity index (χ3n) is 12.9. The molecule has 4 amide bonds. The molecular formula is C53H59ClN8O6S2. The number of halogens is 1. The third-order valence-corrected chi connectivity index (χ3v) is 15.4. The molecular weight excluding hydrogens is 944 g/mol. The topological polar surface area (TPSA) is 180 Å². The number of hydrogen-bond acceptors (Lipinski definition) is 11. The summed E-state index contributed by atoms with van der Waals surface area (Å²) in [7, 11) is 0. The highest BCUT2D eigenvalue weighted by atomic mass is 35.5. The van der Waals surface area contributed by atoms with E-state index >= 15 is 0 Å². The van der Waals surface area contributed by atoms with Gasteiger partial charge in [-0.3, -0.25) is 28.7 Å². The van der Waals surface area contributed by atoms with Gasteiger partial charge in [0.1, 0.15) is 34.7 Å². The fourth-order valence-corrected chi connectivity index (χ4v) is 11.2. The maximum atomic E-state index is 14.3. The minimum absolute atomic E-state index is 0.0287. The fourth-order valence-electron chi connectivity index (χ4n) is 8.89. The van der Waals surface area contributed by atoms with Crippen LogP contribution in [0.5, 0.6) is 5.75 Å². The van der Waals surface area contributed by atoms with Gasteiger partial charge in [0, 0.05) is 51.0 Å². The molecule has 3 aromatic heterocycles. The van der Waals surface area contributed by atoms with Gasteiger partial charge in [0.25, 0.3) is 5.91 Å². The second-order valence-electron chi connectivity index (χ2n) is 19.1. The van der Waals surface area contributed by atoms with E-state index in [2.05, 4.69) is 58.4 Å². The molecule has 366 valence electrons. The van der Waals surface area contributed by atoms with Gasteiger partial charge in [-0.25, -0.2) is 0 Å². The zero-order valence-electron chi connectivity index (χ0n) is 40.6. The number of benzene rings is 3. The summed E-state index contributed by atoms with van der Waals surface area (Å²) in [5.41, 5.74) is 6.60.